The third kappa shape index (κ3) is 3.37. The maximum absolute atomic E-state index is 11.4. The highest BCUT2D eigenvalue weighted by molar-refractivity contribution is 8.00. The van der Waals surface area contributed by atoms with E-state index < -0.39 is 5.25 Å². The van der Waals surface area contributed by atoms with Gasteiger partial charge in [-0.15, -0.1) is 11.8 Å². The Morgan fingerprint density at radius 1 is 1.75 bits per heavy atom. The molecule has 6 nitrogen and oxygen atoms in total. The van der Waals surface area contributed by atoms with E-state index in [2.05, 4.69) is 10.4 Å². The molecular formula is C9H14N4O2S. The Bertz CT molecular complexity index is 361. The third-order valence-electron chi connectivity index (χ3n) is 1.83. The Morgan fingerprint density at radius 2 is 2.50 bits per heavy atom. The highest BCUT2D eigenvalue weighted by Crippen LogP contribution is 2.27. The first-order chi connectivity index (χ1) is 7.69. The average molecular weight is 242 g/mol. The summed E-state index contributed by atoms with van der Waals surface area (Å²) in [7, 11) is 1.52. The van der Waals surface area contributed by atoms with E-state index in [-0.39, 0.29) is 12.5 Å². The molecule has 0 aliphatic heterocycles. The lowest BCUT2D eigenvalue weighted by Crippen LogP contribution is -2.39. The van der Waals surface area contributed by atoms with Crippen molar-refractivity contribution in [2.75, 3.05) is 19.5 Å². The van der Waals surface area contributed by atoms with Crippen LogP contribution in [0.5, 0.6) is 0 Å². The molecule has 0 saturated heterocycles. The van der Waals surface area contributed by atoms with Gasteiger partial charge in [0.1, 0.15) is 5.25 Å². The molecule has 0 aliphatic carbocycles. The molecule has 1 aromatic heterocycles. The minimum absolute atomic E-state index is 0.259. The first-order valence-electron chi connectivity index (χ1n) is 4.54. The number of carbonyl (C=O) groups is 1. The van der Waals surface area contributed by atoms with Crippen molar-refractivity contribution < 1.29 is 9.53 Å². The van der Waals surface area contributed by atoms with Gasteiger partial charge in [-0.3, -0.25) is 15.2 Å². The number of ether oxygens (including phenoxy) is 1. The Balaban J connectivity index is 2.75. The predicted octanol–water partition coefficient (Wildman–Crippen LogP) is -0.239. The number of rotatable bonds is 5. The summed E-state index contributed by atoms with van der Waals surface area (Å²) in [6, 6.07) is 1.74. The van der Waals surface area contributed by atoms with E-state index in [1.54, 1.807) is 12.3 Å². The summed E-state index contributed by atoms with van der Waals surface area (Å²) in [5.41, 5.74) is 8.34. The number of amides is 1. The van der Waals surface area contributed by atoms with Gasteiger partial charge in [-0.1, -0.05) is 0 Å². The molecule has 0 spiro atoms. The van der Waals surface area contributed by atoms with E-state index in [4.69, 9.17) is 16.3 Å². The van der Waals surface area contributed by atoms with Gasteiger partial charge >= 0.3 is 0 Å². The molecule has 1 rings (SSSR count). The third-order valence-corrected chi connectivity index (χ3v) is 3.09. The summed E-state index contributed by atoms with van der Waals surface area (Å²) in [5, 5.41) is -0.431. The van der Waals surface area contributed by atoms with Crippen LogP contribution in [-0.2, 0) is 9.53 Å². The molecule has 0 aromatic carbocycles. The van der Waals surface area contributed by atoms with Crippen molar-refractivity contribution in [3.05, 3.63) is 18.5 Å². The summed E-state index contributed by atoms with van der Waals surface area (Å²) in [6.45, 7) is 0.259. The zero-order valence-corrected chi connectivity index (χ0v) is 9.66. The SMILES string of the molecule is COCC(Sc1ccncc1N)C(=O)NN. The number of nitrogens with two attached hydrogens (primary N) is 2. The van der Waals surface area contributed by atoms with Crippen LogP contribution in [0.15, 0.2) is 23.4 Å². The summed E-state index contributed by atoms with van der Waals surface area (Å²) in [4.78, 5) is 16.1. The number of pyridine rings is 1. The molecule has 5 N–H and O–H groups in total. The molecule has 1 atom stereocenters. The second kappa shape index (κ2) is 6.31. The Hall–Kier alpha value is -1.31. The van der Waals surface area contributed by atoms with E-state index in [1.165, 1.54) is 25.1 Å². The highest BCUT2D eigenvalue weighted by Gasteiger charge is 2.19. The first-order valence-corrected chi connectivity index (χ1v) is 5.42. The van der Waals surface area contributed by atoms with Crippen molar-refractivity contribution in [3.63, 3.8) is 0 Å². The van der Waals surface area contributed by atoms with Crippen molar-refractivity contribution in [1.29, 1.82) is 0 Å². The van der Waals surface area contributed by atoms with Crippen molar-refractivity contribution in [2.24, 2.45) is 5.84 Å². The Morgan fingerprint density at radius 3 is 3.06 bits per heavy atom. The number of anilines is 1. The first kappa shape index (κ1) is 12.8. The molecule has 1 heterocycles. The minimum Gasteiger partial charge on any atom is -0.397 e. The molecule has 16 heavy (non-hydrogen) atoms. The molecule has 1 amide bonds. The van der Waals surface area contributed by atoms with Gasteiger partial charge in [0.05, 0.1) is 18.5 Å². The number of methoxy groups -OCH3 is 1. The zero-order valence-electron chi connectivity index (χ0n) is 8.84. The zero-order chi connectivity index (χ0) is 12.0. The quantitative estimate of drug-likeness (QED) is 0.285. The van der Waals surface area contributed by atoms with Crippen molar-refractivity contribution in [3.8, 4) is 0 Å². The van der Waals surface area contributed by atoms with Gasteiger partial charge in [-0.2, -0.15) is 0 Å². The average Bonchev–Trinajstić information content (AvgIpc) is 2.30. The largest absolute Gasteiger partial charge is 0.397 e. The van der Waals surface area contributed by atoms with Gasteiger partial charge < -0.3 is 10.5 Å². The summed E-state index contributed by atoms with van der Waals surface area (Å²) in [6.07, 6.45) is 3.15. The van der Waals surface area contributed by atoms with E-state index in [9.17, 15) is 4.79 Å². The predicted molar refractivity (Wildman–Crippen MR) is 62.5 cm³/mol. The Kier molecular flexibility index (Phi) is 5.03. The van der Waals surface area contributed by atoms with Crippen LogP contribution in [0.1, 0.15) is 0 Å². The highest BCUT2D eigenvalue weighted by atomic mass is 32.2. The standard InChI is InChI=1S/C9H14N4O2S/c1-15-5-8(9(14)13-11)16-7-2-3-12-4-6(7)10/h2-4,8H,5,10-11H2,1H3,(H,13,14). The lowest BCUT2D eigenvalue weighted by molar-refractivity contribution is -0.121. The van der Waals surface area contributed by atoms with E-state index in [1.807, 2.05) is 0 Å². The maximum atomic E-state index is 11.4. The van der Waals surface area contributed by atoms with Gasteiger partial charge in [0.15, 0.2) is 0 Å². The molecule has 7 heteroatoms. The summed E-state index contributed by atoms with van der Waals surface area (Å²) >= 11 is 1.29. The fourth-order valence-electron chi connectivity index (χ4n) is 1.06. The number of carbonyl (C=O) groups excluding carboxylic acids is 1. The van der Waals surface area contributed by atoms with Crippen LogP contribution in [0.25, 0.3) is 0 Å². The molecule has 0 bridgehead atoms. The van der Waals surface area contributed by atoms with Gasteiger partial charge in [0, 0.05) is 18.2 Å². The van der Waals surface area contributed by atoms with Crippen LogP contribution in [0.3, 0.4) is 0 Å². The normalized spacial score (nSPS) is 12.1. The number of hydrogen-bond donors (Lipinski definition) is 3. The van der Waals surface area contributed by atoms with Crippen LogP contribution in [0.2, 0.25) is 0 Å². The van der Waals surface area contributed by atoms with Crippen molar-refractivity contribution in [1.82, 2.24) is 10.4 Å². The number of thioether (sulfide) groups is 1. The number of aromatic nitrogens is 1. The number of hydrogen-bond acceptors (Lipinski definition) is 6. The number of nitrogens with one attached hydrogen (secondary N) is 1. The fraction of sp³-hybridized carbons (Fsp3) is 0.333. The molecule has 0 fully saturated rings. The maximum Gasteiger partial charge on any atom is 0.249 e. The second-order valence-electron chi connectivity index (χ2n) is 2.98. The molecule has 0 radical (unpaired) electrons. The topological polar surface area (TPSA) is 103 Å². The van der Waals surface area contributed by atoms with E-state index in [0.717, 1.165) is 4.90 Å². The minimum atomic E-state index is -0.431. The van der Waals surface area contributed by atoms with Crippen LogP contribution in [-0.4, -0.2) is 29.9 Å². The molecule has 0 saturated carbocycles. The molecular weight excluding hydrogens is 228 g/mol. The summed E-state index contributed by atoms with van der Waals surface area (Å²) < 4.78 is 4.95. The van der Waals surface area contributed by atoms with Gasteiger partial charge in [0.25, 0.3) is 0 Å². The smallest absolute Gasteiger partial charge is 0.249 e. The van der Waals surface area contributed by atoms with Gasteiger partial charge in [0.2, 0.25) is 5.91 Å². The van der Waals surface area contributed by atoms with Crippen LogP contribution in [0, 0.1) is 0 Å². The Labute approximate surface area is 97.7 Å². The van der Waals surface area contributed by atoms with Crippen LogP contribution < -0.4 is 17.0 Å². The van der Waals surface area contributed by atoms with E-state index in [0.29, 0.717) is 5.69 Å². The van der Waals surface area contributed by atoms with Crippen molar-refractivity contribution >= 4 is 23.4 Å². The van der Waals surface area contributed by atoms with Crippen molar-refractivity contribution in [2.45, 2.75) is 10.1 Å². The summed E-state index contributed by atoms with van der Waals surface area (Å²) in [5.74, 6) is 4.78. The lowest BCUT2D eigenvalue weighted by atomic mass is 10.4. The van der Waals surface area contributed by atoms with Gasteiger partial charge in [-0.05, 0) is 6.07 Å². The van der Waals surface area contributed by atoms with Crippen LogP contribution >= 0.6 is 11.8 Å². The number of hydrazine groups is 1. The molecule has 88 valence electrons. The molecule has 1 aromatic rings. The van der Waals surface area contributed by atoms with E-state index >= 15 is 0 Å². The monoisotopic (exact) mass is 242 g/mol. The molecule has 0 aliphatic rings. The van der Waals surface area contributed by atoms with Gasteiger partial charge in [-0.25, -0.2) is 5.84 Å². The van der Waals surface area contributed by atoms with Crippen LogP contribution in [0.4, 0.5) is 5.69 Å². The number of nitrogen functional groups attached to an aromatic ring is 1. The second-order valence-corrected chi connectivity index (χ2v) is 4.23. The lowest BCUT2D eigenvalue weighted by Gasteiger charge is -2.14. The fourth-order valence-corrected chi connectivity index (χ4v) is 2.08. The molecule has 1 unspecified atom stereocenters. The number of nitrogens with zero attached hydrogens (tertiary/aromatic N) is 1.